The highest BCUT2D eigenvalue weighted by Gasteiger charge is 2.36. The van der Waals surface area contributed by atoms with Crippen molar-refractivity contribution in [2.75, 3.05) is 29.9 Å². The molecule has 1 aromatic carbocycles. The summed E-state index contributed by atoms with van der Waals surface area (Å²) in [6.45, 7) is 2.17. The van der Waals surface area contributed by atoms with Crippen molar-refractivity contribution in [3.63, 3.8) is 0 Å². The van der Waals surface area contributed by atoms with Crippen LogP contribution in [0.1, 0.15) is 31.2 Å². The zero-order valence-corrected chi connectivity index (χ0v) is 18.8. The molecule has 1 amide bonds. The van der Waals surface area contributed by atoms with Crippen molar-refractivity contribution in [2.24, 2.45) is 0 Å². The second-order valence-corrected chi connectivity index (χ2v) is 9.08. The Morgan fingerprint density at radius 3 is 2.91 bits per heavy atom. The maximum atomic E-state index is 13.7. The highest BCUT2D eigenvalue weighted by Crippen LogP contribution is 2.33. The first-order valence-corrected chi connectivity index (χ1v) is 11.6. The lowest BCUT2D eigenvalue weighted by Crippen LogP contribution is -2.56. The maximum Gasteiger partial charge on any atom is 0.245 e. The van der Waals surface area contributed by atoms with E-state index >= 15 is 0 Å². The number of H-pyrrole nitrogens is 1. The number of likely N-dealkylation sites (tertiary alicyclic amines) is 1. The Balaban J connectivity index is 1.36. The van der Waals surface area contributed by atoms with Gasteiger partial charge >= 0.3 is 0 Å². The van der Waals surface area contributed by atoms with Crippen LogP contribution in [-0.4, -0.2) is 52.5 Å². The van der Waals surface area contributed by atoms with Crippen molar-refractivity contribution in [3.8, 4) is 6.07 Å². The lowest BCUT2D eigenvalue weighted by molar-refractivity contribution is -0.137. The first-order valence-electron chi connectivity index (χ1n) is 11.2. The molecule has 2 aliphatic heterocycles. The standard InChI is InChI=1S/C24H24ClFN6O/c25-16-9-17(26)11-18(10-16)30-21-4-2-8-32(24(21)33)19-3-1-7-31(14-19)22-15(12-27)13-29-23-20(22)5-6-28-23/h5-6,9-11,13,19,21,30H,1-4,7-8,14H2,(H,28,29)/t19-,21?/m1/s1. The van der Waals surface area contributed by atoms with Crippen LogP contribution in [0.5, 0.6) is 0 Å². The number of piperidine rings is 2. The number of benzene rings is 1. The van der Waals surface area contributed by atoms with Gasteiger partial charge in [0.2, 0.25) is 5.91 Å². The van der Waals surface area contributed by atoms with E-state index in [0.717, 1.165) is 42.5 Å². The predicted molar refractivity (Wildman–Crippen MR) is 126 cm³/mol. The number of pyridine rings is 1. The number of nitrogens with zero attached hydrogens (tertiary/aromatic N) is 4. The van der Waals surface area contributed by atoms with Gasteiger partial charge in [-0.05, 0) is 49.9 Å². The molecule has 5 rings (SSSR count). The molecule has 2 N–H and O–H groups in total. The minimum Gasteiger partial charge on any atom is -0.374 e. The van der Waals surface area contributed by atoms with Crippen LogP contribution in [-0.2, 0) is 4.79 Å². The number of nitriles is 1. The monoisotopic (exact) mass is 466 g/mol. The van der Waals surface area contributed by atoms with Gasteiger partial charge in [0, 0.05) is 54.2 Å². The van der Waals surface area contributed by atoms with Crippen LogP contribution in [0.2, 0.25) is 5.02 Å². The molecule has 2 aromatic heterocycles. The van der Waals surface area contributed by atoms with E-state index in [1.807, 2.05) is 17.2 Å². The van der Waals surface area contributed by atoms with E-state index in [0.29, 0.717) is 35.8 Å². The molecule has 2 atom stereocenters. The highest BCUT2D eigenvalue weighted by atomic mass is 35.5. The Morgan fingerprint density at radius 1 is 1.24 bits per heavy atom. The fourth-order valence-electron chi connectivity index (χ4n) is 5.06. The van der Waals surface area contributed by atoms with Crippen molar-refractivity contribution in [1.29, 1.82) is 5.26 Å². The molecule has 0 aliphatic carbocycles. The third-order valence-electron chi connectivity index (χ3n) is 6.51. The molecule has 170 valence electrons. The first kappa shape index (κ1) is 21.5. The largest absolute Gasteiger partial charge is 0.374 e. The van der Waals surface area contributed by atoms with Crippen LogP contribution < -0.4 is 10.2 Å². The summed E-state index contributed by atoms with van der Waals surface area (Å²) in [5.41, 5.74) is 2.67. The minimum absolute atomic E-state index is 0.0236. The lowest BCUT2D eigenvalue weighted by atomic mass is 9.97. The summed E-state index contributed by atoms with van der Waals surface area (Å²) >= 11 is 5.98. The number of amides is 1. The van der Waals surface area contributed by atoms with E-state index in [1.165, 1.54) is 12.1 Å². The van der Waals surface area contributed by atoms with Crippen molar-refractivity contribution in [3.05, 3.63) is 53.1 Å². The molecule has 0 spiro atoms. The van der Waals surface area contributed by atoms with Gasteiger partial charge in [-0.3, -0.25) is 4.79 Å². The highest BCUT2D eigenvalue weighted by molar-refractivity contribution is 6.30. The second kappa shape index (κ2) is 8.91. The zero-order chi connectivity index (χ0) is 22.9. The molecule has 0 saturated carbocycles. The summed E-state index contributed by atoms with van der Waals surface area (Å²) in [7, 11) is 0. The molecule has 0 radical (unpaired) electrons. The third-order valence-corrected chi connectivity index (χ3v) is 6.73. The number of carbonyl (C=O) groups is 1. The van der Waals surface area contributed by atoms with E-state index < -0.39 is 11.9 Å². The summed E-state index contributed by atoms with van der Waals surface area (Å²) in [6, 6.07) is 8.07. The number of halogens is 2. The third kappa shape index (κ3) is 4.21. The van der Waals surface area contributed by atoms with Crippen LogP contribution in [0.4, 0.5) is 15.8 Å². The van der Waals surface area contributed by atoms with Crippen LogP contribution in [0.25, 0.3) is 11.0 Å². The van der Waals surface area contributed by atoms with E-state index in [2.05, 4.69) is 26.3 Å². The zero-order valence-electron chi connectivity index (χ0n) is 18.0. The van der Waals surface area contributed by atoms with Gasteiger partial charge in [0.25, 0.3) is 0 Å². The van der Waals surface area contributed by atoms with Crippen LogP contribution in [0, 0.1) is 17.1 Å². The molecule has 9 heteroatoms. The van der Waals surface area contributed by atoms with Gasteiger partial charge in [-0.25, -0.2) is 9.37 Å². The van der Waals surface area contributed by atoms with Crippen molar-refractivity contribution >= 4 is 39.9 Å². The number of rotatable bonds is 4. The normalized spacial score (nSPS) is 21.3. The van der Waals surface area contributed by atoms with Crippen LogP contribution in [0.3, 0.4) is 0 Å². The fourth-order valence-corrected chi connectivity index (χ4v) is 5.28. The van der Waals surface area contributed by atoms with Crippen molar-refractivity contribution < 1.29 is 9.18 Å². The van der Waals surface area contributed by atoms with Gasteiger partial charge < -0.3 is 20.1 Å². The molecule has 3 aromatic rings. The predicted octanol–water partition coefficient (Wildman–Crippen LogP) is 4.30. The molecule has 0 bridgehead atoms. The van der Waals surface area contributed by atoms with E-state index in [-0.39, 0.29) is 11.9 Å². The van der Waals surface area contributed by atoms with Gasteiger partial charge in [0.1, 0.15) is 23.6 Å². The number of hydrogen-bond acceptors (Lipinski definition) is 5. The lowest BCUT2D eigenvalue weighted by Gasteiger charge is -2.44. The smallest absolute Gasteiger partial charge is 0.245 e. The number of aromatic nitrogens is 2. The van der Waals surface area contributed by atoms with Gasteiger partial charge in [-0.15, -0.1) is 0 Å². The molecule has 2 fully saturated rings. The molecule has 2 aliphatic rings. The molecular formula is C24H24ClFN6O. The second-order valence-electron chi connectivity index (χ2n) is 8.64. The Kier molecular flexibility index (Phi) is 5.81. The molecule has 33 heavy (non-hydrogen) atoms. The molecule has 4 heterocycles. The summed E-state index contributed by atoms with van der Waals surface area (Å²) in [5.74, 6) is -0.412. The van der Waals surface area contributed by atoms with E-state index in [9.17, 15) is 14.4 Å². The number of hydrogen-bond donors (Lipinski definition) is 2. The number of fused-ring (bicyclic) bond motifs is 1. The fraction of sp³-hybridized carbons (Fsp3) is 0.375. The number of aromatic amines is 1. The van der Waals surface area contributed by atoms with Crippen molar-refractivity contribution in [1.82, 2.24) is 14.9 Å². The SMILES string of the molecule is N#Cc1cnc2[nH]ccc2c1N1CCC[C@@H](N2CCCC(Nc3cc(F)cc(Cl)c3)C2=O)C1. The maximum absolute atomic E-state index is 13.7. The summed E-state index contributed by atoms with van der Waals surface area (Å²) in [4.78, 5) is 25.0. The summed E-state index contributed by atoms with van der Waals surface area (Å²) in [5, 5.41) is 14.1. The average Bonchev–Trinajstić information content (AvgIpc) is 3.28. The molecular weight excluding hydrogens is 443 g/mol. The molecule has 1 unspecified atom stereocenters. The van der Waals surface area contributed by atoms with E-state index in [1.54, 1.807) is 12.3 Å². The van der Waals surface area contributed by atoms with Gasteiger partial charge in [-0.2, -0.15) is 5.26 Å². The summed E-state index contributed by atoms with van der Waals surface area (Å²) in [6.07, 6.45) is 6.81. The number of anilines is 2. The quantitative estimate of drug-likeness (QED) is 0.598. The average molecular weight is 467 g/mol. The van der Waals surface area contributed by atoms with Crippen LogP contribution in [0.15, 0.2) is 36.7 Å². The molecule has 7 nitrogen and oxygen atoms in total. The van der Waals surface area contributed by atoms with E-state index in [4.69, 9.17) is 11.6 Å². The minimum atomic E-state index is -0.435. The Hall–Kier alpha value is -3.31. The number of carbonyl (C=O) groups excluding carboxylic acids is 1. The number of nitrogens with one attached hydrogen (secondary N) is 2. The Bertz CT molecular complexity index is 1220. The van der Waals surface area contributed by atoms with Gasteiger partial charge in [0.05, 0.1) is 11.3 Å². The Labute approximate surface area is 196 Å². The Morgan fingerprint density at radius 2 is 2.09 bits per heavy atom. The molecule has 2 saturated heterocycles. The van der Waals surface area contributed by atoms with Gasteiger partial charge in [0.15, 0.2) is 0 Å². The van der Waals surface area contributed by atoms with Gasteiger partial charge in [-0.1, -0.05) is 11.6 Å². The first-order chi connectivity index (χ1) is 16.0. The summed E-state index contributed by atoms with van der Waals surface area (Å²) < 4.78 is 13.7. The van der Waals surface area contributed by atoms with Crippen molar-refractivity contribution in [2.45, 2.75) is 37.8 Å². The topological polar surface area (TPSA) is 88.1 Å². The van der Waals surface area contributed by atoms with Crippen LogP contribution >= 0.6 is 11.6 Å².